The maximum absolute atomic E-state index is 14.4. The van der Waals surface area contributed by atoms with Crippen molar-refractivity contribution >= 4 is 5.97 Å². The molecule has 29 heavy (non-hydrogen) atoms. The second-order valence-corrected chi connectivity index (χ2v) is 8.41. The minimum absolute atomic E-state index is 0.0476. The summed E-state index contributed by atoms with van der Waals surface area (Å²) in [6, 6.07) is 12.5. The van der Waals surface area contributed by atoms with Gasteiger partial charge in [-0.3, -0.25) is 4.79 Å². The number of esters is 1. The molecule has 0 bridgehead atoms. The Labute approximate surface area is 172 Å². The molecule has 0 N–H and O–H groups in total. The molecule has 2 aromatic carbocycles. The van der Waals surface area contributed by atoms with E-state index in [2.05, 4.69) is 31.2 Å². The highest BCUT2D eigenvalue weighted by Gasteiger charge is 2.38. The fourth-order valence-corrected chi connectivity index (χ4v) is 4.96. The molecule has 1 atom stereocenters. The zero-order valence-electron chi connectivity index (χ0n) is 17.2. The van der Waals surface area contributed by atoms with Crippen LogP contribution in [0.5, 0.6) is 11.5 Å². The summed E-state index contributed by atoms with van der Waals surface area (Å²) in [6.07, 6.45) is 7.05. The van der Waals surface area contributed by atoms with E-state index < -0.39 is 5.82 Å². The second kappa shape index (κ2) is 8.56. The minimum Gasteiger partial charge on any atom is -0.494 e. The third-order valence-electron chi connectivity index (χ3n) is 6.64. The van der Waals surface area contributed by atoms with Gasteiger partial charge in [0.05, 0.1) is 13.0 Å². The number of fused-ring (bicyclic) bond motifs is 1. The van der Waals surface area contributed by atoms with Gasteiger partial charge in [-0.2, -0.15) is 4.39 Å². The van der Waals surface area contributed by atoms with E-state index in [1.807, 2.05) is 6.07 Å². The number of benzene rings is 2. The van der Waals surface area contributed by atoms with Gasteiger partial charge in [0.1, 0.15) is 0 Å². The first-order valence-electron chi connectivity index (χ1n) is 10.8. The molecule has 0 spiro atoms. The van der Waals surface area contributed by atoms with Crippen molar-refractivity contribution in [3.63, 3.8) is 0 Å². The van der Waals surface area contributed by atoms with E-state index in [1.165, 1.54) is 24.7 Å². The fraction of sp³-hybridized carbons (Fsp3) is 0.480. The van der Waals surface area contributed by atoms with Gasteiger partial charge in [0, 0.05) is 0 Å². The van der Waals surface area contributed by atoms with Gasteiger partial charge in [-0.25, -0.2) is 0 Å². The highest BCUT2D eigenvalue weighted by molar-refractivity contribution is 5.78. The van der Waals surface area contributed by atoms with Crippen LogP contribution in [0.4, 0.5) is 4.39 Å². The van der Waals surface area contributed by atoms with Gasteiger partial charge in [0.15, 0.2) is 11.5 Å². The van der Waals surface area contributed by atoms with Crippen molar-refractivity contribution in [2.24, 2.45) is 11.8 Å². The number of hydrogen-bond donors (Lipinski definition) is 0. The van der Waals surface area contributed by atoms with Gasteiger partial charge < -0.3 is 9.47 Å². The second-order valence-electron chi connectivity index (χ2n) is 8.41. The minimum atomic E-state index is -0.577. The number of halogens is 1. The van der Waals surface area contributed by atoms with Gasteiger partial charge in [0.2, 0.25) is 5.82 Å². The summed E-state index contributed by atoms with van der Waals surface area (Å²) in [7, 11) is 1.41. The van der Waals surface area contributed by atoms with Gasteiger partial charge in [-0.05, 0) is 73.1 Å². The van der Waals surface area contributed by atoms with Crippen LogP contribution in [-0.4, -0.2) is 13.1 Å². The van der Waals surface area contributed by atoms with Crippen molar-refractivity contribution in [2.75, 3.05) is 7.11 Å². The maximum atomic E-state index is 14.4. The van der Waals surface area contributed by atoms with E-state index >= 15 is 0 Å². The Kier molecular flexibility index (Phi) is 5.89. The van der Waals surface area contributed by atoms with E-state index in [9.17, 15) is 9.18 Å². The molecule has 0 radical (unpaired) electrons. The summed E-state index contributed by atoms with van der Waals surface area (Å²) in [6.45, 7) is 2.20. The van der Waals surface area contributed by atoms with Crippen LogP contribution >= 0.6 is 0 Å². The average molecular weight is 397 g/mol. The first-order chi connectivity index (χ1) is 14.1. The molecule has 1 aliphatic carbocycles. The quantitative estimate of drug-likeness (QED) is 0.471. The Morgan fingerprint density at radius 1 is 1.07 bits per heavy atom. The fourth-order valence-electron chi connectivity index (χ4n) is 4.96. The summed E-state index contributed by atoms with van der Waals surface area (Å²) in [5.74, 6) is -0.0221. The van der Waals surface area contributed by atoms with Crippen LogP contribution in [0.1, 0.15) is 61.6 Å². The summed E-state index contributed by atoms with van der Waals surface area (Å²) in [5.41, 5.74) is 3.58. The first-order valence-corrected chi connectivity index (χ1v) is 10.8. The third-order valence-corrected chi connectivity index (χ3v) is 6.64. The molecule has 3 nitrogen and oxygen atoms in total. The van der Waals surface area contributed by atoms with Crippen molar-refractivity contribution < 1.29 is 18.7 Å². The highest BCUT2D eigenvalue weighted by Crippen LogP contribution is 2.43. The largest absolute Gasteiger partial charge is 0.494 e. The summed E-state index contributed by atoms with van der Waals surface area (Å²) < 4.78 is 24.8. The lowest BCUT2D eigenvalue weighted by Crippen LogP contribution is -2.35. The molecule has 0 saturated heterocycles. The predicted molar refractivity (Wildman–Crippen MR) is 111 cm³/mol. The number of methoxy groups -OCH3 is 1. The van der Waals surface area contributed by atoms with Crippen LogP contribution in [0.25, 0.3) is 0 Å². The SMILES string of the molecule is CCCc1ccc(C2CCC(C3Cc4ccc(OC)c(F)c4OC3=O)CC2)cc1. The van der Waals surface area contributed by atoms with Crippen LogP contribution in [0.3, 0.4) is 0 Å². The number of carbonyl (C=O) groups excluding carboxylic acids is 1. The van der Waals surface area contributed by atoms with Gasteiger partial charge in [-0.1, -0.05) is 43.7 Å². The molecule has 4 heteroatoms. The average Bonchev–Trinajstić information content (AvgIpc) is 2.75. The van der Waals surface area contributed by atoms with Gasteiger partial charge >= 0.3 is 5.97 Å². The zero-order valence-corrected chi connectivity index (χ0v) is 17.2. The van der Waals surface area contributed by atoms with Gasteiger partial charge in [0.25, 0.3) is 0 Å². The van der Waals surface area contributed by atoms with Crippen LogP contribution in [-0.2, 0) is 17.6 Å². The van der Waals surface area contributed by atoms with Gasteiger partial charge in [-0.15, -0.1) is 0 Å². The Morgan fingerprint density at radius 3 is 2.45 bits per heavy atom. The molecule has 1 saturated carbocycles. The third kappa shape index (κ3) is 4.03. The molecule has 0 aromatic heterocycles. The molecule has 1 aliphatic heterocycles. The lowest BCUT2D eigenvalue weighted by Gasteiger charge is -2.35. The molecule has 4 rings (SSSR count). The summed E-state index contributed by atoms with van der Waals surface area (Å²) in [5, 5.41) is 0. The molecule has 2 aromatic rings. The van der Waals surface area contributed by atoms with Crippen molar-refractivity contribution in [1.29, 1.82) is 0 Å². The Hall–Kier alpha value is -2.36. The first kappa shape index (κ1) is 19.9. The van der Waals surface area contributed by atoms with E-state index in [0.29, 0.717) is 18.3 Å². The topological polar surface area (TPSA) is 35.5 Å². The normalized spacial score (nSPS) is 24.0. The summed E-state index contributed by atoms with van der Waals surface area (Å²) >= 11 is 0. The van der Waals surface area contributed by atoms with Crippen LogP contribution in [0, 0.1) is 17.7 Å². The number of ether oxygens (including phenoxy) is 2. The molecule has 1 unspecified atom stereocenters. The lowest BCUT2D eigenvalue weighted by molar-refractivity contribution is -0.143. The Balaban J connectivity index is 1.41. The zero-order chi connectivity index (χ0) is 20.4. The van der Waals surface area contributed by atoms with Crippen molar-refractivity contribution in [3.8, 4) is 11.5 Å². The van der Waals surface area contributed by atoms with Crippen molar-refractivity contribution in [1.82, 2.24) is 0 Å². The van der Waals surface area contributed by atoms with E-state index in [1.54, 1.807) is 6.07 Å². The smallest absolute Gasteiger partial charge is 0.315 e. The van der Waals surface area contributed by atoms with Crippen molar-refractivity contribution in [3.05, 3.63) is 58.9 Å². The molecule has 2 aliphatic rings. The maximum Gasteiger partial charge on any atom is 0.315 e. The molecule has 154 valence electrons. The standard InChI is InChI=1S/C25H29FO3/c1-3-4-16-5-7-17(8-6-16)18-9-11-19(12-10-18)21-15-20-13-14-22(28-2)23(26)24(20)29-25(21)27/h5-8,13-14,18-19,21H,3-4,9-12,15H2,1-2H3. The summed E-state index contributed by atoms with van der Waals surface area (Å²) in [4.78, 5) is 12.6. The monoisotopic (exact) mass is 396 g/mol. The van der Waals surface area contributed by atoms with E-state index in [-0.39, 0.29) is 23.4 Å². The van der Waals surface area contributed by atoms with Crippen molar-refractivity contribution in [2.45, 2.75) is 57.8 Å². The van der Waals surface area contributed by atoms with Crippen LogP contribution in [0.2, 0.25) is 0 Å². The number of rotatable bonds is 5. The number of hydrogen-bond acceptors (Lipinski definition) is 3. The molecule has 1 heterocycles. The van der Waals surface area contributed by atoms with Crippen LogP contribution < -0.4 is 9.47 Å². The predicted octanol–water partition coefficient (Wildman–Crippen LogP) is 5.84. The molecular weight excluding hydrogens is 367 g/mol. The molecule has 0 amide bonds. The number of carbonyl (C=O) groups is 1. The molecular formula is C25H29FO3. The van der Waals surface area contributed by atoms with E-state index in [0.717, 1.165) is 37.7 Å². The Bertz CT molecular complexity index is 866. The van der Waals surface area contributed by atoms with Crippen LogP contribution in [0.15, 0.2) is 36.4 Å². The highest BCUT2D eigenvalue weighted by atomic mass is 19.1. The molecule has 1 fully saturated rings. The lowest BCUT2D eigenvalue weighted by atomic mass is 9.72. The number of aryl methyl sites for hydroxylation is 1. The Morgan fingerprint density at radius 2 is 1.79 bits per heavy atom. The van der Waals surface area contributed by atoms with E-state index in [4.69, 9.17) is 9.47 Å².